The maximum Gasteiger partial charge on any atom is 0.414 e. The Morgan fingerprint density at radius 2 is 2.00 bits per heavy atom. The Morgan fingerprint density at radius 3 is 2.55 bits per heavy atom. The topological polar surface area (TPSA) is 83.0 Å². The van der Waals surface area contributed by atoms with Gasteiger partial charge in [0.2, 0.25) is 5.96 Å². The Kier molecular flexibility index (Phi) is 3.63. The quantitative estimate of drug-likeness (QED) is 0.757. The minimum Gasteiger partial charge on any atom is -0.444 e. The van der Waals surface area contributed by atoms with Gasteiger partial charge < -0.3 is 10.1 Å². The zero-order valence-electron chi connectivity index (χ0n) is 13.4. The van der Waals surface area contributed by atoms with E-state index < -0.39 is 17.2 Å². The van der Waals surface area contributed by atoms with E-state index in [1.807, 2.05) is 0 Å². The summed E-state index contributed by atoms with van der Waals surface area (Å²) in [5, 5.41) is 5.93. The first-order chi connectivity index (χ1) is 10.3. The summed E-state index contributed by atoms with van der Waals surface area (Å²) in [7, 11) is 0. The molecule has 0 aromatic heterocycles. The van der Waals surface area contributed by atoms with E-state index in [0.29, 0.717) is 18.8 Å². The van der Waals surface area contributed by atoms with E-state index in [-0.39, 0.29) is 11.9 Å². The lowest BCUT2D eigenvalue weighted by molar-refractivity contribution is -0.132. The molecule has 3 rings (SSSR count). The fraction of sp³-hybridized carbons (Fsp3) is 0.800. The van der Waals surface area contributed by atoms with Gasteiger partial charge >= 0.3 is 6.09 Å². The Hall–Kier alpha value is -1.63. The molecule has 2 fully saturated rings. The molecule has 22 heavy (non-hydrogen) atoms. The highest BCUT2D eigenvalue weighted by molar-refractivity contribution is 6.11. The number of guanidine groups is 1. The van der Waals surface area contributed by atoms with Crippen LogP contribution in [-0.4, -0.2) is 53.1 Å². The molecule has 7 nitrogen and oxygen atoms in total. The fourth-order valence-electron chi connectivity index (χ4n) is 2.95. The number of rotatable bonds is 1. The van der Waals surface area contributed by atoms with Crippen molar-refractivity contribution in [3.05, 3.63) is 0 Å². The van der Waals surface area contributed by atoms with E-state index in [4.69, 9.17) is 4.74 Å². The van der Waals surface area contributed by atoms with Crippen LogP contribution in [0.15, 0.2) is 4.99 Å². The SMILES string of the molecule is CC(C)(C)OC(=O)NC1=NC2(CCNCC2)C(=O)N1C1CC1. The van der Waals surface area contributed by atoms with Crippen molar-refractivity contribution in [3.8, 4) is 0 Å². The normalized spacial score (nSPS) is 24.4. The monoisotopic (exact) mass is 308 g/mol. The van der Waals surface area contributed by atoms with Crippen molar-refractivity contribution in [2.24, 2.45) is 4.99 Å². The molecular formula is C15H24N4O3. The lowest BCUT2D eigenvalue weighted by atomic mass is 9.88. The summed E-state index contributed by atoms with van der Waals surface area (Å²) in [6, 6.07) is 0.176. The van der Waals surface area contributed by atoms with Gasteiger partial charge in [0.05, 0.1) is 0 Å². The van der Waals surface area contributed by atoms with Crippen LogP contribution in [0.2, 0.25) is 0 Å². The van der Waals surface area contributed by atoms with Crippen LogP contribution < -0.4 is 10.6 Å². The summed E-state index contributed by atoms with van der Waals surface area (Å²) in [6.07, 6.45) is 2.73. The molecule has 0 aromatic rings. The molecule has 1 saturated heterocycles. The summed E-state index contributed by atoms with van der Waals surface area (Å²) in [5.74, 6) is 0.395. The summed E-state index contributed by atoms with van der Waals surface area (Å²) in [4.78, 5) is 31.1. The molecule has 0 aromatic carbocycles. The molecule has 0 unspecified atom stereocenters. The first-order valence-corrected chi connectivity index (χ1v) is 7.95. The molecule has 1 aliphatic carbocycles. The number of amides is 2. The number of hydrogen-bond acceptors (Lipinski definition) is 5. The van der Waals surface area contributed by atoms with Gasteiger partial charge in [0.1, 0.15) is 11.1 Å². The third kappa shape index (κ3) is 2.95. The van der Waals surface area contributed by atoms with Gasteiger partial charge in [0, 0.05) is 6.04 Å². The molecule has 0 bridgehead atoms. The number of alkyl carbamates (subject to hydrolysis) is 1. The number of aliphatic imine (C=N–C) groups is 1. The number of nitrogens with zero attached hydrogens (tertiary/aromatic N) is 2. The molecule has 0 radical (unpaired) electrons. The van der Waals surface area contributed by atoms with Gasteiger partial charge in [-0.2, -0.15) is 0 Å². The number of nitrogens with one attached hydrogen (secondary N) is 2. The number of carbonyl (C=O) groups is 2. The standard InChI is InChI=1S/C15H24N4O3/c1-14(2,3)22-13(21)17-12-18-15(6-8-16-9-7-15)11(20)19(12)10-4-5-10/h10,16H,4-9H2,1-3H3,(H,17,18,21). The second kappa shape index (κ2) is 5.22. The molecule has 2 amide bonds. The molecule has 2 N–H and O–H groups in total. The zero-order chi connectivity index (χ0) is 16.0. The van der Waals surface area contributed by atoms with Crippen molar-refractivity contribution in [1.82, 2.24) is 15.5 Å². The van der Waals surface area contributed by atoms with E-state index >= 15 is 0 Å². The fourth-order valence-corrected chi connectivity index (χ4v) is 2.95. The van der Waals surface area contributed by atoms with E-state index in [9.17, 15) is 9.59 Å². The van der Waals surface area contributed by atoms with Gasteiger partial charge in [-0.15, -0.1) is 0 Å². The lowest BCUT2D eigenvalue weighted by Gasteiger charge is -2.30. The van der Waals surface area contributed by atoms with Crippen molar-refractivity contribution < 1.29 is 14.3 Å². The van der Waals surface area contributed by atoms with E-state index in [1.165, 1.54) is 0 Å². The molecule has 1 saturated carbocycles. The van der Waals surface area contributed by atoms with Crippen LogP contribution in [0.4, 0.5) is 4.79 Å². The highest BCUT2D eigenvalue weighted by atomic mass is 16.6. The van der Waals surface area contributed by atoms with Crippen LogP contribution in [-0.2, 0) is 9.53 Å². The predicted octanol–water partition coefficient (Wildman–Crippen LogP) is 0.994. The molecule has 3 aliphatic rings. The van der Waals surface area contributed by atoms with E-state index in [0.717, 1.165) is 25.9 Å². The Labute approximate surface area is 130 Å². The highest BCUT2D eigenvalue weighted by Gasteiger charge is 2.53. The maximum absolute atomic E-state index is 12.8. The second-order valence-corrected chi connectivity index (χ2v) is 7.25. The summed E-state index contributed by atoms with van der Waals surface area (Å²) in [6.45, 7) is 6.96. The molecule has 7 heteroatoms. The van der Waals surface area contributed by atoms with E-state index in [1.54, 1.807) is 25.7 Å². The molecule has 2 aliphatic heterocycles. The van der Waals surface area contributed by atoms with Crippen molar-refractivity contribution in [2.75, 3.05) is 13.1 Å². The smallest absolute Gasteiger partial charge is 0.414 e. The average molecular weight is 308 g/mol. The first-order valence-electron chi connectivity index (χ1n) is 7.95. The summed E-state index contributed by atoms with van der Waals surface area (Å²) < 4.78 is 5.28. The summed E-state index contributed by atoms with van der Waals surface area (Å²) in [5.41, 5.74) is -1.28. The molecule has 1 spiro atoms. The number of hydrogen-bond donors (Lipinski definition) is 2. The van der Waals surface area contributed by atoms with Crippen molar-refractivity contribution in [2.45, 2.75) is 63.6 Å². The second-order valence-electron chi connectivity index (χ2n) is 7.25. The minimum absolute atomic E-state index is 0.0301. The molecule has 2 heterocycles. The van der Waals surface area contributed by atoms with Gasteiger partial charge in [-0.1, -0.05) is 0 Å². The average Bonchev–Trinajstić information content (AvgIpc) is 3.18. The number of piperidine rings is 1. The molecular weight excluding hydrogens is 284 g/mol. The van der Waals surface area contributed by atoms with Crippen LogP contribution >= 0.6 is 0 Å². The van der Waals surface area contributed by atoms with Gasteiger partial charge in [-0.25, -0.2) is 9.79 Å². The summed E-state index contributed by atoms with van der Waals surface area (Å²) >= 11 is 0. The van der Waals surface area contributed by atoms with E-state index in [2.05, 4.69) is 15.6 Å². The molecule has 0 atom stereocenters. The van der Waals surface area contributed by atoms with Gasteiger partial charge in [0.25, 0.3) is 5.91 Å². The predicted molar refractivity (Wildman–Crippen MR) is 81.5 cm³/mol. The number of ether oxygens (including phenoxy) is 1. The zero-order valence-corrected chi connectivity index (χ0v) is 13.4. The Bertz CT molecular complexity index is 513. The van der Waals surface area contributed by atoms with Gasteiger partial charge in [-0.3, -0.25) is 15.0 Å². The largest absolute Gasteiger partial charge is 0.444 e. The van der Waals surface area contributed by atoms with Gasteiger partial charge in [0.15, 0.2) is 0 Å². The van der Waals surface area contributed by atoms with Crippen LogP contribution in [0.25, 0.3) is 0 Å². The van der Waals surface area contributed by atoms with Crippen LogP contribution in [0, 0.1) is 0 Å². The van der Waals surface area contributed by atoms with Crippen LogP contribution in [0.3, 0.4) is 0 Å². The Morgan fingerprint density at radius 1 is 1.36 bits per heavy atom. The van der Waals surface area contributed by atoms with Crippen molar-refractivity contribution >= 4 is 18.0 Å². The van der Waals surface area contributed by atoms with Crippen molar-refractivity contribution in [1.29, 1.82) is 0 Å². The third-order valence-corrected chi connectivity index (χ3v) is 4.12. The molecule has 122 valence electrons. The number of carbonyl (C=O) groups excluding carboxylic acids is 2. The minimum atomic E-state index is -0.696. The van der Waals surface area contributed by atoms with Gasteiger partial charge in [-0.05, 0) is 59.5 Å². The maximum atomic E-state index is 12.8. The van der Waals surface area contributed by atoms with Crippen LogP contribution in [0.1, 0.15) is 46.5 Å². The third-order valence-electron chi connectivity index (χ3n) is 4.12. The Balaban J connectivity index is 1.78. The lowest BCUT2D eigenvalue weighted by Crippen LogP contribution is -2.51. The van der Waals surface area contributed by atoms with Crippen molar-refractivity contribution in [3.63, 3.8) is 0 Å². The highest BCUT2D eigenvalue weighted by Crippen LogP contribution is 2.37. The first kappa shape index (κ1) is 15.3. The van der Waals surface area contributed by atoms with Crippen LogP contribution in [0.5, 0.6) is 0 Å².